The molecule has 0 aromatic rings. The molecule has 0 aliphatic rings. The van der Waals surface area contributed by atoms with Gasteiger partial charge >= 0.3 is 18.1 Å². The van der Waals surface area contributed by atoms with Gasteiger partial charge in [-0.3, -0.25) is 0 Å². The molecule has 0 spiro atoms. The zero-order valence-electron chi connectivity index (χ0n) is 13.9. The highest BCUT2D eigenvalue weighted by Gasteiger charge is 2.20. The lowest BCUT2D eigenvalue weighted by molar-refractivity contribution is -0.139. The molecule has 1 unspecified atom stereocenters. The van der Waals surface area contributed by atoms with Crippen LogP contribution < -0.4 is 16.0 Å². The molecule has 0 saturated carbocycles. The number of urea groups is 1. The number of hydrogen-bond donors (Lipinski definition) is 4. The summed E-state index contributed by atoms with van der Waals surface area (Å²) in [5, 5.41) is 16.3. The van der Waals surface area contributed by atoms with Gasteiger partial charge in [-0.2, -0.15) is 0 Å². The molecule has 3 amide bonds. The summed E-state index contributed by atoms with van der Waals surface area (Å²) in [5.41, 5.74) is -0.583. The van der Waals surface area contributed by atoms with Crippen LogP contribution in [0.5, 0.6) is 0 Å². The summed E-state index contributed by atoms with van der Waals surface area (Å²) in [6, 6.07) is -1.52. The van der Waals surface area contributed by atoms with Crippen LogP contribution in [-0.2, 0) is 9.53 Å². The van der Waals surface area contributed by atoms with Gasteiger partial charge in [-0.1, -0.05) is 13.8 Å². The Morgan fingerprint density at radius 2 is 1.64 bits per heavy atom. The number of amides is 3. The fourth-order valence-electron chi connectivity index (χ4n) is 1.56. The number of alkyl carbamates (subject to hydrolysis) is 1. The number of carbonyl (C=O) groups is 3. The minimum Gasteiger partial charge on any atom is -0.480 e. The minimum atomic E-state index is -1.07. The van der Waals surface area contributed by atoms with Gasteiger partial charge in [0.2, 0.25) is 0 Å². The normalized spacial score (nSPS) is 12.5. The second kappa shape index (κ2) is 9.11. The van der Waals surface area contributed by atoms with Crippen molar-refractivity contribution in [1.29, 1.82) is 0 Å². The van der Waals surface area contributed by atoms with Crippen molar-refractivity contribution in [1.82, 2.24) is 16.0 Å². The van der Waals surface area contributed by atoms with Crippen molar-refractivity contribution in [2.45, 2.75) is 52.7 Å². The lowest BCUT2D eigenvalue weighted by Gasteiger charge is -2.20. The van der Waals surface area contributed by atoms with Crippen LogP contribution >= 0.6 is 0 Å². The first-order valence-corrected chi connectivity index (χ1v) is 7.25. The molecule has 8 nitrogen and oxygen atoms in total. The summed E-state index contributed by atoms with van der Waals surface area (Å²) in [6.07, 6.45) is -0.225. The third kappa shape index (κ3) is 10.8. The van der Waals surface area contributed by atoms with Gasteiger partial charge in [0, 0.05) is 13.1 Å². The summed E-state index contributed by atoms with van der Waals surface area (Å²) in [7, 11) is 0. The highest BCUT2D eigenvalue weighted by atomic mass is 16.6. The minimum absolute atomic E-state index is 0.148. The van der Waals surface area contributed by atoms with E-state index in [0.717, 1.165) is 0 Å². The van der Waals surface area contributed by atoms with Crippen LogP contribution in [0.25, 0.3) is 0 Å². The molecule has 22 heavy (non-hydrogen) atoms. The van der Waals surface area contributed by atoms with Gasteiger partial charge in [0.25, 0.3) is 0 Å². The van der Waals surface area contributed by atoms with Crippen molar-refractivity contribution in [3.05, 3.63) is 0 Å². The topological polar surface area (TPSA) is 117 Å². The van der Waals surface area contributed by atoms with Crippen molar-refractivity contribution in [3.63, 3.8) is 0 Å². The van der Waals surface area contributed by atoms with Gasteiger partial charge in [0.15, 0.2) is 0 Å². The molecular formula is C14H27N3O5. The van der Waals surface area contributed by atoms with E-state index in [-0.39, 0.29) is 19.0 Å². The van der Waals surface area contributed by atoms with E-state index in [1.165, 1.54) is 0 Å². The quantitative estimate of drug-likeness (QED) is 0.528. The molecule has 0 bridgehead atoms. The van der Waals surface area contributed by atoms with Gasteiger partial charge in [-0.25, -0.2) is 14.4 Å². The molecule has 0 radical (unpaired) electrons. The fraction of sp³-hybridized carbons (Fsp3) is 0.786. The van der Waals surface area contributed by atoms with Gasteiger partial charge in [-0.05, 0) is 33.1 Å². The molecule has 0 aromatic carbocycles. The number of nitrogens with one attached hydrogen (secondary N) is 3. The molecule has 128 valence electrons. The smallest absolute Gasteiger partial charge is 0.407 e. The second-order valence-electron chi connectivity index (χ2n) is 6.35. The van der Waals surface area contributed by atoms with Crippen molar-refractivity contribution in [2.75, 3.05) is 13.1 Å². The largest absolute Gasteiger partial charge is 0.480 e. The van der Waals surface area contributed by atoms with Gasteiger partial charge in [-0.15, -0.1) is 0 Å². The summed E-state index contributed by atoms with van der Waals surface area (Å²) >= 11 is 0. The van der Waals surface area contributed by atoms with E-state index in [1.807, 2.05) is 13.8 Å². The Morgan fingerprint density at radius 3 is 2.09 bits per heavy atom. The van der Waals surface area contributed by atoms with Gasteiger partial charge in [0.1, 0.15) is 11.6 Å². The highest BCUT2D eigenvalue weighted by molar-refractivity contribution is 5.82. The zero-order valence-corrected chi connectivity index (χ0v) is 13.9. The summed E-state index contributed by atoms with van der Waals surface area (Å²) in [4.78, 5) is 33.9. The van der Waals surface area contributed by atoms with Crippen LogP contribution in [0.15, 0.2) is 0 Å². The predicted octanol–water partition coefficient (Wildman–Crippen LogP) is 1.31. The van der Waals surface area contributed by atoms with Crippen LogP contribution in [0.1, 0.15) is 41.0 Å². The summed E-state index contributed by atoms with van der Waals surface area (Å²) in [6.45, 7) is 9.35. The van der Waals surface area contributed by atoms with E-state index in [4.69, 9.17) is 9.84 Å². The fourth-order valence-corrected chi connectivity index (χ4v) is 1.56. The Labute approximate surface area is 131 Å². The van der Waals surface area contributed by atoms with E-state index in [2.05, 4.69) is 16.0 Å². The second-order valence-corrected chi connectivity index (χ2v) is 6.35. The van der Waals surface area contributed by atoms with Gasteiger partial charge in [0.05, 0.1) is 0 Å². The van der Waals surface area contributed by atoms with Crippen molar-refractivity contribution < 1.29 is 24.2 Å². The number of carboxylic acids is 1. The lowest BCUT2D eigenvalue weighted by atomic mass is 10.0. The Balaban J connectivity index is 3.98. The van der Waals surface area contributed by atoms with E-state index in [9.17, 15) is 14.4 Å². The number of aliphatic carboxylic acids is 1. The molecule has 0 aliphatic heterocycles. The van der Waals surface area contributed by atoms with Crippen molar-refractivity contribution in [2.24, 2.45) is 5.92 Å². The maximum Gasteiger partial charge on any atom is 0.407 e. The van der Waals surface area contributed by atoms with Gasteiger partial charge < -0.3 is 25.8 Å². The van der Waals surface area contributed by atoms with Crippen molar-refractivity contribution >= 4 is 18.1 Å². The molecule has 0 aromatic heterocycles. The summed E-state index contributed by atoms with van der Waals surface area (Å²) < 4.78 is 5.03. The summed E-state index contributed by atoms with van der Waals surface area (Å²) in [5.74, 6) is -0.925. The van der Waals surface area contributed by atoms with E-state index in [0.29, 0.717) is 6.42 Å². The number of rotatable bonds is 7. The number of carbonyl (C=O) groups excluding carboxylic acids is 2. The molecule has 0 aliphatic carbocycles. The van der Waals surface area contributed by atoms with Crippen LogP contribution in [0, 0.1) is 5.92 Å². The molecule has 0 fully saturated rings. The lowest BCUT2D eigenvalue weighted by Crippen LogP contribution is -2.48. The molecular weight excluding hydrogens is 290 g/mol. The Morgan fingerprint density at radius 1 is 1.09 bits per heavy atom. The van der Waals surface area contributed by atoms with E-state index in [1.54, 1.807) is 20.8 Å². The van der Waals surface area contributed by atoms with Crippen molar-refractivity contribution in [3.8, 4) is 0 Å². The molecule has 0 rings (SSSR count). The Bertz CT molecular complexity index is 390. The van der Waals surface area contributed by atoms with Crippen LogP contribution in [0.2, 0.25) is 0 Å². The average Bonchev–Trinajstić information content (AvgIpc) is 2.31. The third-order valence-electron chi connectivity index (χ3n) is 2.39. The average molecular weight is 317 g/mol. The molecule has 1 atom stereocenters. The van der Waals surface area contributed by atoms with Crippen LogP contribution in [0.4, 0.5) is 9.59 Å². The molecule has 0 saturated heterocycles. The number of ether oxygens (including phenoxy) is 1. The maximum atomic E-state index is 11.6. The van der Waals surface area contributed by atoms with E-state index < -0.39 is 29.7 Å². The molecule has 4 N–H and O–H groups in total. The number of hydrogen-bond acceptors (Lipinski definition) is 4. The standard InChI is InChI=1S/C14H27N3O5/c1-9(2)8-10(11(18)19)17-12(20)15-6-7-16-13(21)22-14(3,4)5/h9-10H,6-8H2,1-5H3,(H,16,21)(H,18,19)(H2,15,17,20). The highest BCUT2D eigenvalue weighted by Crippen LogP contribution is 2.06. The van der Waals surface area contributed by atoms with Crippen LogP contribution in [-0.4, -0.2) is 47.9 Å². The maximum absolute atomic E-state index is 11.6. The Hall–Kier alpha value is -1.99. The van der Waals surface area contributed by atoms with E-state index >= 15 is 0 Å². The molecule has 8 heteroatoms. The first-order valence-electron chi connectivity index (χ1n) is 7.25. The monoisotopic (exact) mass is 317 g/mol. The Kier molecular flexibility index (Phi) is 8.29. The van der Waals surface area contributed by atoms with Crippen LogP contribution in [0.3, 0.4) is 0 Å². The predicted molar refractivity (Wildman–Crippen MR) is 81.6 cm³/mol. The first kappa shape index (κ1) is 20.0. The number of carboxylic acid groups (broad SMARTS) is 1. The zero-order chi connectivity index (χ0) is 17.3. The SMILES string of the molecule is CC(C)CC(NC(=O)NCCNC(=O)OC(C)(C)C)C(=O)O. The third-order valence-corrected chi connectivity index (χ3v) is 2.39. The molecule has 0 heterocycles. The first-order chi connectivity index (χ1) is 10.0.